The van der Waals surface area contributed by atoms with Gasteiger partial charge in [0.2, 0.25) is 0 Å². The van der Waals surface area contributed by atoms with Crippen molar-refractivity contribution in [3.05, 3.63) is 59.7 Å². The average Bonchev–Trinajstić information content (AvgIpc) is 2.81. The minimum Gasteiger partial charge on any atom is -1.00 e. The zero-order valence-corrected chi connectivity index (χ0v) is 22.5. The molecule has 0 spiro atoms. The van der Waals surface area contributed by atoms with Crippen molar-refractivity contribution in [1.82, 2.24) is 0 Å². The number of rotatable bonds is 5. The third-order valence-corrected chi connectivity index (χ3v) is 9.29. The van der Waals surface area contributed by atoms with E-state index in [9.17, 15) is 0 Å². The van der Waals surface area contributed by atoms with Crippen LogP contribution in [-0.4, -0.2) is 48.2 Å². The number of fused-ring (bicyclic) bond motifs is 6. The molecule has 4 bridgehead atoms. The number of halogens is 2. The molecule has 0 aliphatic carbocycles. The topological polar surface area (TPSA) is 0 Å². The zero-order chi connectivity index (χ0) is 20.0. The molecule has 0 saturated carbocycles. The third-order valence-electron chi connectivity index (χ3n) is 9.29. The molecule has 2 nitrogen and oxygen atoms in total. The quantitative estimate of drug-likeness (QED) is 0.437. The first-order chi connectivity index (χ1) is 14.7. The highest BCUT2D eigenvalue weighted by molar-refractivity contribution is 5.64. The van der Waals surface area contributed by atoms with E-state index in [2.05, 4.69) is 48.5 Å². The Bertz CT molecular complexity index is 808. The molecular weight excluding hydrogens is 524 g/mol. The molecular formula is C28H38Br2N2. The minimum absolute atomic E-state index is 0. The summed E-state index contributed by atoms with van der Waals surface area (Å²) in [5, 5.41) is 0. The predicted molar refractivity (Wildman–Crippen MR) is 124 cm³/mol. The second-order valence-corrected chi connectivity index (χ2v) is 11.2. The van der Waals surface area contributed by atoms with E-state index in [0.717, 1.165) is 11.8 Å². The lowest BCUT2D eigenvalue weighted by Crippen LogP contribution is -3.00. The van der Waals surface area contributed by atoms with Gasteiger partial charge in [0, 0.05) is 11.1 Å². The van der Waals surface area contributed by atoms with Crippen molar-refractivity contribution in [2.75, 3.05) is 39.3 Å². The number of hydrogen-bond donors (Lipinski definition) is 0. The zero-order valence-electron chi connectivity index (χ0n) is 19.3. The van der Waals surface area contributed by atoms with Crippen molar-refractivity contribution in [1.29, 1.82) is 0 Å². The van der Waals surface area contributed by atoms with Gasteiger partial charge in [-0.25, -0.2) is 0 Å². The molecule has 0 aromatic heterocycles. The summed E-state index contributed by atoms with van der Waals surface area (Å²) >= 11 is 0. The van der Waals surface area contributed by atoms with E-state index in [0.29, 0.717) is 0 Å². The monoisotopic (exact) mass is 560 g/mol. The van der Waals surface area contributed by atoms with Crippen LogP contribution >= 0.6 is 0 Å². The summed E-state index contributed by atoms with van der Waals surface area (Å²) in [6.45, 7) is 10.9. The number of hydrogen-bond acceptors (Lipinski definition) is 0. The van der Waals surface area contributed by atoms with Gasteiger partial charge < -0.3 is 42.9 Å². The standard InChI is InChI=1S/C28H38N2.2BrH/c1-3-25(21-29-13-7-23(8-14-29)9-15-29)19-27(5-1)28-6-2-4-26(20-28)22-30-16-10-24(11-17-30)12-18-30;;/h1-6,19-20,23-24H,7-18,21-22H2;2*1H/q+2;;/p-2. The van der Waals surface area contributed by atoms with Crippen LogP contribution in [0.5, 0.6) is 0 Å². The van der Waals surface area contributed by atoms with Crippen LogP contribution in [0.3, 0.4) is 0 Å². The van der Waals surface area contributed by atoms with Crippen molar-refractivity contribution >= 4 is 0 Å². The molecule has 8 rings (SSSR count). The van der Waals surface area contributed by atoms with Crippen molar-refractivity contribution in [2.45, 2.75) is 51.6 Å². The number of nitrogens with zero attached hydrogens (tertiary/aromatic N) is 2. The minimum atomic E-state index is 0. The van der Waals surface area contributed by atoms with E-state index < -0.39 is 0 Å². The van der Waals surface area contributed by atoms with Crippen molar-refractivity contribution in [3.8, 4) is 11.1 Å². The highest BCUT2D eigenvalue weighted by Crippen LogP contribution is 2.37. The summed E-state index contributed by atoms with van der Waals surface area (Å²) in [6.07, 6.45) is 8.76. The van der Waals surface area contributed by atoms with Crippen molar-refractivity contribution in [2.24, 2.45) is 11.8 Å². The highest BCUT2D eigenvalue weighted by atomic mass is 79.9. The van der Waals surface area contributed by atoms with E-state index in [1.54, 1.807) is 11.1 Å². The molecule has 2 aromatic carbocycles. The van der Waals surface area contributed by atoms with Crippen LogP contribution in [0.15, 0.2) is 48.5 Å². The molecule has 174 valence electrons. The van der Waals surface area contributed by atoms with Gasteiger partial charge in [0.15, 0.2) is 0 Å². The Labute approximate surface area is 215 Å². The first kappa shape index (κ1) is 24.4. The van der Waals surface area contributed by atoms with Gasteiger partial charge in [-0.05, 0) is 73.6 Å². The van der Waals surface area contributed by atoms with E-state index >= 15 is 0 Å². The van der Waals surface area contributed by atoms with Crippen LogP contribution in [0.25, 0.3) is 11.1 Å². The molecule has 0 radical (unpaired) electrons. The second-order valence-electron chi connectivity index (χ2n) is 11.2. The molecule has 6 heterocycles. The van der Waals surface area contributed by atoms with Crippen molar-refractivity contribution < 1.29 is 42.9 Å². The van der Waals surface area contributed by atoms with Crippen molar-refractivity contribution in [3.63, 3.8) is 0 Å². The molecule has 32 heavy (non-hydrogen) atoms. The van der Waals surface area contributed by atoms with Gasteiger partial charge in [0.05, 0.1) is 39.3 Å². The van der Waals surface area contributed by atoms with E-state index in [1.807, 2.05) is 0 Å². The van der Waals surface area contributed by atoms with Gasteiger partial charge in [0.1, 0.15) is 13.1 Å². The van der Waals surface area contributed by atoms with Gasteiger partial charge in [0.25, 0.3) is 0 Å². The maximum absolute atomic E-state index is 2.49. The van der Waals surface area contributed by atoms with Gasteiger partial charge in [-0.3, -0.25) is 0 Å². The van der Waals surface area contributed by atoms with E-state index in [4.69, 9.17) is 0 Å². The lowest BCUT2D eigenvalue weighted by atomic mass is 9.85. The van der Waals surface area contributed by atoms with Gasteiger partial charge >= 0.3 is 0 Å². The average molecular weight is 562 g/mol. The first-order valence-electron chi connectivity index (χ1n) is 12.6. The molecule has 0 amide bonds. The fraction of sp³-hybridized carbons (Fsp3) is 0.571. The molecule has 2 aromatic rings. The molecule has 6 aliphatic rings. The lowest BCUT2D eigenvalue weighted by molar-refractivity contribution is -0.955. The van der Waals surface area contributed by atoms with Crippen LogP contribution in [0.2, 0.25) is 0 Å². The highest BCUT2D eigenvalue weighted by Gasteiger charge is 2.40. The molecule has 0 N–H and O–H groups in total. The Hall–Kier alpha value is -0.680. The third kappa shape index (κ3) is 4.89. The van der Waals surface area contributed by atoms with Crippen LogP contribution in [0.1, 0.15) is 49.7 Å². The SMILES string of the molecule is [Br-].[Br-].c1cc(C[N+]23CCC(CC2)CC3)cc(-c2cccc(C[N+]34CCC(CC3)CC4)c2)c1. The summed E-state index contributed by atoms with van der Waals surface area (Å²) < 4.78 is 2.70. The Morgan fingerprint density at radius 3 is 1.22 bits per heavy atom. The Morgan fingerprint density at radius 1 is 0.531 bits per heavy atom. The van der Waals surface area contributed by atoms with Gasteiger partial charge in [-0.15, -0.1) is 0 Å². The largest absolute Gasteiger partial charge is 1.00 e. The number of piperidine rings is 6. The van der Waals surface area contributed by atoms with E-state index in [1.165, 1.54) is 111 Å². The second kappa shape index (κ2) is 9.90. The maximum Gasteiger partial charge on any atom is 0.104 e. The molecule has 6 fully saturated rings. The summed E-state index contributed by atoms with van der Waals surface area (Å²) in [4.78, 5) is 0. The fourth-order valence-corrected chi connectivity index (χ4v) is 7.22. The first-order valence-corrected chi connectivity index (χ1v) is 12.6. The van der Waals surface area contributed by atoms with Gasteiger partial charge in [-0.2, -0.15) is 0 Å². The molecule has 4 heteroatoms. The Balaban J connectivity index is 0.00000122. The lowest BCUT2D eigenvalue weighted by Gasteiger charge is -2.49. The summed E-state index contributed by atoms with van der Waals surface area (Å²) in [5.41, 5.74) is 5.91. The molecule has 6 saturated heterocycles. The fourth-order valence-electron chi connectivity index (χ4n) is 7.22. The van der Waals surface area contributed by atoms with Crippen LogP contribution < -0.4 is 34.0 Å². The smallest absolute Gasteiger partial charge is 0.104 e. The Kier molecular flexibility index (Phi) is 7.56. The molecule has 0 unspecified atom stereocenters. The summed E-state index contributed by atoms with van der Waals surface area (Å²) in [7, 11) is 0. The predicted octanol–water partition coefficient (Wildman–Crippen LogP) is -0.377. The summed E-state index contributed by atoms with van der Waals surface area (Å²) in [6, 6.07) is 19.0. The summed E-state index contributed by atoms with van der Waals surface area (Å²) in [5.74, 6) is 2.08. The molecule has 6 aliphatic heterocycles. The Morgan fingerprint density at radius 2 is 0.875 bits per heavy atom. The van der Waals surface area contributed by atoms with Crippen LogP contribution in [-0.2, 0) is 13.1 Å². The number of quaternary nitrogens is 2. The van der Waals surface area contributed by atoms with Gasteiger partial charge in [-0.1, -0.05) is 36.4 Å². The van der Waals surface area contributed by atoms with Crippen LogP contribution in [0.4, 0.5) is 0 Å². The maximum atomic E-state index is 2.49. The number of benzene rings is 2. The van der Waals surface area contributed by atoms with Crippen LogP contribution in [0, 0.1) is 11.8 Å². The normalized spacial score (nSPS) is 32.8. The van der Waals surface area contributed by atoms with E-state index in [-0.39, 0.29) is 34.0 Å². The molecule has 0 atom stereocenters.